The Hall–Kier alpha value is -3.21. The lowest BCUT2D eigenvalue weighted by Gasteiger charge is -2.33. The van der Waals surface area contributed by atoms with Crippen molar-refractivity contribution < 1.29 is 0 Å². The van der Waals surface area contributed by atoms with Crippen molar-refractivity contribution in [2.24, 2.45) is 7.05 Å². The second kappa shape index (κ2) is 7.19. The Kier molecular flexibility index (Phi) is 4.59. The standard InChI is InChI=1S/C19H22N8/c1-14-21-8-10-26(14)13-17-23-24-19(25(17)2)16-6-4-9-27(12-16)18-15(11-20)5-3-7-22-18/h3,5,7-8,10,16H,4,6,9,12-13H2,1-2H3/t16-/m1/s1. The van der Waals surface area contributed by atoms with E-state index in [2.05, 4.69) is 40.3 Å². The van der Waals surface area contributed by atoms with Crippen molar-refractivity contribution >= 4 is 5.82 Å². The summed E-state index contributed by atoms with van der Waals surface area (Å²) in [4.78, 5) is 10.9. The van der Waals surface area contributed by atoms with Gasteiger partial charge < -0.3 is 14.0 Å². The van der Waals surface area contributed by atoms with Gasteiger partial charge in [0.15, 0.2) is 5.82 Å². The van der Waals surface area contributed by atoms with Crippen molar-refractivity contribution in [3.8, 4) is 6.07 Å². The third-order valence-corrected chi connectivity index (χ3v) is 5.23. The fraction of sp³-hybridized carbons (Fsp3) is 0.421. The lowest BCUT2D eigenvalue weighted by molar-refractivity contribution is 0.475. The van der Waals surface area contributed by atoms with Gasteiger partial charge in [0.05, 0.1) is 12.1 Å². The van der Waals surface area contributed by atoms with Gasteiger partial charge in [0.2, 0.25) is 0 Å². The highest BCUT2D eigenvalue weighted by atomic mass is 15.3. The van der Waals surface area contributed by atoms with Crippen LogP contribution >= 0.6 is 0 Å². The molecule has 4 heterocycles. The zero-order valence-electron chi connectivity index (χ0n) is 15.6. The minimum absolute atomic E-state index is 0.266. The average Bonchev–Trinajstić information content (AvgIpc) is 3.28. The Balaban J connectivity index is 1.55. The first kappa shape index (κ1) is 17.2. The smallest absolute Gasteiger partial charge is 0.152 e. The summed E-state index contributed by atoms with van der Waals surface area (Å²) in [6, 6.07) is 5.87. The predicted octanol–water partition coefficient (Wildman–Crippen LogP) is 2.02. The molecule has 0 unspecified atom stereocenters. The molecule has 1 fully saturated rings. The largest absolute Gasteiger partial charge is 0.355 e. The van der Waals surface area contributed by atoms with Gasteiger partial charge in [0.1, 0.15) is 23.5 Å². The van der Waals surface area contributed by atoms with Crippen LogP contribution in [0.2, 0.25) is 0 Å². The lowest BCUT2D eigenvalue weighted by atomic mass is 9.97. The van der Waals surface area contributed by atoms with Gasteiger partial charge in [0, 0.05) is 44.6 Å². The Morgan fingerprint density at radius 2 is 2.15 bits per heavy atom. The SMILES string of the molecule is Cc1nccn1Cc1nnc([C@@H]2CCCN(c3ncccc3C#N)C2)n1C. The van der Waals surface area contributed by atoms with E-state index in [1.54, 1.807) is 18.5 Å². The molecule has 1 aliphatic rings. The number of nitriles is 1. The maximum absolute atomic E-state index is 9.37. The number of imidazole rings is 1. The molecule has 0 radical (unpaired) electrons. The van der Waals surface area contributed by atoms with Gasteiger partial charge in [-0.25, -0.2) is 9.97 Å². The fourth-order valence-corrected chi connectivity index (χ4v) is 3.71. The van der Waals surface area contributed by atoms with Gasteiger partial charge in [-0.05, 0) is 31.9 Å². The molecule has 0 saturated carbocycles. The summed E-state index contributed by atoms with van der Waals surface area (Å²) in [6.45, 7) is 4.34. The van der Waals surface area contributed by atoms with Crippen LogP contribution in [0, 0.1) is 18.3 Å². The molecule has 0 amide bonds. The maximum atomic E-state index is 9.37. The number of anilines is 1. The van der Waals surface area contributed by atoms with Crippen LogP contribution in [0.4, 0.5) is 5.82 Å². The van der Waals surface area contributed by atoms with E-state index in [1.807, 2.05) is 26.2 Å². The summed E-state index contributed by atoms with van der Waals surface area (Å²) in [5, 5.41) is 18.3. The van der Waals surface area contributed by atoms with Crippen LogP contribution in [0.1, 0.15) is 41.8 Å². The lowest BCUT2D eigenvalue weighted by Crippen LogP contribution is -2.36. The van der Waals surface area contributed by atoms with Gasteiger partial charge in [-0.1, -0.05) is 0 Å². The van der Waals surface area contributed by atoms with Gasteiger partial charge >= 0.3 is 0 Å². The zero-order chi connectivity index (χ0) is 18.8. The van der Waals surface area contributed by atoms with Crippen LogP contribution in [-0.4, -0.2) is 42.4 Å². The van der Waals surface area contributed by atoms with E-state index in [0.717, 1.165) is 49.2 Å². The molecule has 8 nitrogen and oxygen atoms in total. The average molecular weight is 362 g/mol. The summed E-state index contributed by atoms with van der Waals surface area (Å²) < 4.78 is 4.16. The van der Waals surface area contributed by atoms with E-state index in [0.29, 0.717) is 12.1 Å². The monoisotopic (exact) mass is 362 g/mol. The summed E-state index contributed by atoms with van der Waals surface area (Å²) in [5.41, 5.74) is 0.618. The topological polar surface area (TPSA) is 88.5 Å². The normalized spacial score (nSPS) is 17.1. The minimum Gasteiger partial charge on any atom is -0.355 e. The molecule has 1 saturated heterocycles. The van der Waals surface area contributed by atoms with Crippen molar-refractivity contribution in [1.29, 1.82) is 5.26 Å². The first-order valence-corrected chi connectivity index (χ1v) is 9.13. The van der Waals surface area contributed by atoms with Crippen LogP contribution < -0.4 is 4.90 Å². The van der Waals surface area contributed by atoms with Crippen LogP contribution in [0.5, 0.6) is 0 Å². The second-order valence-corrected chi connectivity index (χ2v) is 6.91. The summed E-state index contributed by atoms with van der Waals surface area (Å²) in [5.74, 6) is 3.90. The van der Waals surface area contributed by atoms with Gasteiger partial charge in [0.25, 0.3) is 0 Å². The number of hydrogen-bond acceptors (Lipinski definition) is 6. The number of hydrogen-bond donors (Lipinski definition) is 0. The number of aromatic nitrogens is 6. The number of piperidine rings is 1. The van der Waals surface area contributed by atoms with Gasteiger partial charge in [-0.3, -0.25) is 0 Å². The molecule has 4 rings (SSSR count). The van der Waals surface area contributed by atoms with Gasteiger partial charge in [-0.2, -0.15) is 5.26 Å². The van der Waals surface area contributed by atoms with E-state index in [9.17, 15) is 5.26 Å². The van der Waals surface area contributed by atoms with Crippen molar-refractivity contribution in [1.82, 2.24) is 29.3 Å². The van der Waals surface area contributed by atoms with Crippen LogP contribution in [0.15, 0.2) is 30.7 Å². The Labute approximate surface area is 158 Å². The summed E-state index contributed by atoms with van der Waals surface area (Å²) in [6.07, 6.45) is 7.59. The Bertz CT molecular complexity index is 980. The molecular weight excluding hydrogens is 340 g/mol. The van der Waals surface area contributed by atoms with Crippen LogP contribution in [0.3, 0.4) is 0 Å². The van der Waals surface area contributed by atoms with E-state index in [4.69, 9.17) is 0 Å². The highest BCUT2D eigenvalue weighted by Crippen LogP contribution is 2.29. The molecule has 8 heteroatoms. The molecule has 3 aromatic rings. The molecule has 0 spiro atoms. The number of rotatable bonds is 4. The highest BCUT2D eigenvalue weighted by Gasteiger charge is 2.27. The van der Waals surface area contributed by atoms with E-state index in [-0.39, 0.29) is 5.92 Å². The van der Waals surface area contributed by atoms with Crippen LogP contribution in [-0.2, 0) is 13.6 Å². The molecule has 0 bridgehead atoms. The molecule has 0 aliphatic carbocycles. The van der Waals surface area contributed by atoms with Crippen LogP contribution in [0.25, 0.3) is 0 Å². The maximum Gasteiger partial charge on any atom is 0.152 e. The van der Waals surface area contributed by atoms with Crippen molar-refractivity contribution in [3.05, 3.63) is 53.8 Å². The molecule has 1 aliphatic heterocycles. The van der Waals surface area contributed by atoms with E-state index >= 15 is 0 Å². The molecular formula is C19H22N8. The first-order valence-electron chi connectivity index (χ1n) is 9.13. The molecule has 27 heavy (non-hydrogen) atoms. The van der Waals surface area contributed by atoms with Crippen molar-refractivity contribution in [3.63, 3.8) is 0 Å². The molecule has 0 aromatic carbocycles. The van der Waals surface area contributed by atoms with Crippen molar-refractivity contribution in [2.75, 3.05) is 18.0 Å². The number of pyridine rings is 1. The Morgan fingerprint density at radius 1 is 1.26 bits per heavy atom. The first-order chi connectivity index (χ1) is 13.2. The van der Waals surface area contributed by atoms with E-state index in [1.165, 1.54) is 0 Å². The quantitative estimate of drug-likeness (QED) is 0.705. The minimum atomic E-state index is 0.266. The molecule has 1 atom stereocenters. The second-order valence-electron chi connectivity index (χ2n) is 6.91. The predicted molar refractivity (Wildman–Crippen MR) is 100 cm³/mol. The highest BCUT2D eigenvalue weighted by molar-refractivity contribution is 5.53. The fourth-order valence-electron chi connectivity index (χ4n) is 3.71. The summed E-state index contributed by atoms with van der Waals surface area (Å²) >= 11 is 0. The zero-order valence-corrected chi connectivity index (χ0v) is 15.6. The molecule has 138 valence electrons. The summed E-state index contributed by atoms with van der Waals surface area (Å²) in [7, 11) is 2.03. The third-order valence-electron chi connectivity index (χ3n) is 5.23. The number of nitrogens with zero attached hydrogens (tertiary/aromatic N) is 8. The Morgan fingerprint density at radius 3 is 2.93 bits per heavy atom. The van der Waals surface area contributed by atoms with Crippen molar-refractivity contribution in [2.45, 2.75) is 32.2 Å². The molecule has 3 aromatic heterocycles. The van der Waals surface area contributed by atoms with E-state index < -0.39 is 0 Å². The third kappa shape index (κ3) is 3.28. The molecule has 0 N–H and O–H groups in total. The number of aryl methyl sites for hydroxylation is 1. The van der Waals surface area contributed by atoms with Gasteiger partial charge in [-0.15, -0.1) is 10.2 Å².